The largest absolute Gasteiger partial charge is 0.573 e. The molecule has 6 nitrogen and oxygen atoms in total. The molecule has 0 saturated heterocycles. The van der Waals surface area contributed by atoms with Crippen molar-refractivity contribution >= 4 is 16.1 Å². The maximum atomic E-state index is 13.2. The molecule has 0 radical (unpaired) electrons. The Labute approximate surface area is 211 Å². The molecule has 1 saturated carbocycles. The molecule has 0 unspecified atom stereocenters. The number of hydrogen-bond acceptors (Lipinski definition) is 4. The minimum absolute atomic E-state index is 0.106. The van der Waals surface area contributed by atoms with Gasteiger partial charge in [-0.1, -0.05) is 36.4 Å². The Hall–Kier alpha value is -3.60. The fourth-order valence-electron chi connectivity index (χ4n) is 4.04. The van der Waals surface area contributed by atoms with E-state index in [-0.39, 0.29) is 17.2 Å². The Morgan fingerprint density at radius 3 is 2.22 bits per heavy atom. The van der Waals surface area contributed by atoms with Gasteiger partial charge in [0.05, 0.1) is 4.90 Å². The molecule has 0 atom stereocenters. The van der Waals surface area contributed by atoms with Crippen LogP contribution in [-0.4, -0.2) is 37.2 Å². The molecule has 11 heteroatoms. The SMILES string of the molecule is CCN(C(=O)NC1(Cc2cccc(-c3ccc(OC(F)(F)F)cc3)c2)CC1)S(=O)(=O)c1ccc(F)cc1. The first-order chi connectivity index (χ1) is 17.4. The van der Waals surface area contributed by atoms with E-state index in [0.717, 1.165) is 39.7 Å². The van der Waals surface area contributed by atoms with Gasteiger partial charge in [0.1, 0.15) is 11.6 Å². The van der Waals surface area contributed by atoms with E-state index in [1.807, 2.05) is 18.2 Å². The van der Waals surface area contributed by atoms with Crippen LogP contribution < -0.4 is 10.1 Å². The van der Waals surface area contributed by atoms with E-state index in [1.54, 1.807) is 6.07 Å². The highest BCUT2D eigenvalue weighted by Crippen LogP contribution is 2.39. The lowest BCUT2D eigenvalue weighted by Crippen LogP contribution is -2.49. The van der Waals surface area contributed by atoms with Gasteiger partial charge in [-0.15, -0.1) is 13.2 Å². The minimum atomic E-state index is -4.77. The number of nitrogens with one attached hydrogen (secondary N) is 1. The van der Waals surface area contributed by atoms with E-state index >= 15 is 0 Å². The van der Waals surface area contributed by atoms with Crippen LogP contribution in [0.1, 0.15) is 25.3 Å². The summed E-state index contributed by atoms with van der Waals surface area (Å²) in [5.74, 6) is -0.903. The van der Waals surface area contributed by atoms with Crippen LogP contribution in [0, 0.1) is 5.82 Å². The summed E-state index contributed by atoms with van der Waals surface area (Å²) in [5, 5.41) is 2.85. The lowest BCUT2D eigenvalue weighted by molar-refractivity contribution is -0.274. The van der Waals surface area contributed by atoms with Crippen molar-refractivity contribution in [1.82, 2.24) is 9.62 Å². The van der Waals surface area contributed by atoms with Crippen molar-refractivity contribution in [3.8, 4) is 16.9 Å². The van der Waals surface area contributed by atoms with Crippen LogP contribution >= 0.6 is 0 Å². The molecule has 1 N–H and O–H groups in total. The Balaban J connectivity index is 1.46. The van der Waals surface area contributed by atoms with Crippen LogP contribution in [-0.2, 0) is 16.4 Å². The quantitative estimate of drug-likeness (QED) is 0.365. The summed E-state index contributed by atoms with van der Waals surface area (Å²) in [5.41, 5.74) is 1.71. The Bertz CT molecular complexity index is 1370. The van der Waals surface area contributed by atoms with Gasteiger partial charge in [-0.05, 0) is 79.3 Å². The maximum Gasteiger partial charge on any atom is 0.573 e. The van der Waals surface area contributed by atoms with Crippen LogP contribution in [0.5, 0.6) is 5.75 Å². The Morgan fingerprint density at radius 2 is 1.65 bits per heavy atom. The van der Waals surface area contributed by atoms with Crippen molar-refractivity contribution in [3.63, 3.8) is 0 Å². The van der Waals surface area contributed by atoms with Crippen molar-refractivity contribution in [3.05, 3.63) is 84.2 Å². The predicted octanol–water partition coefficient (Wildman–Crippen LogP) is 5.89. The van der Waals surface area contributed by atoms with Crippen LogP contribution in [0.15, 0.2) is 77.7 Å². The van der Waals surface area contributed by atoms with Gasteiger partial charge in [0.2, 0.25) is 0 Å². The lowest BCUT2D eigenvalue weighted by atomic mass is 9.98. The number of benzene rings is 3. The van der Waals surface area contributed by atoms with Crippen LogP contribution in [0.3, 0.4) is 0 Å². The van der Waals surface area contributed by atoms with E-state index in [4.69, 9.17) is 0 Å². The number of rotatable bonds is 8. The average molecular weight is 537 g/mol. The third-order valence-electron chi connectivity index (χ3n) is 6.03. The zero-order chi connectivity index (χ0) is 26.8. The predicted molar refractivity (Wildman–Crippen MR) is 129 cm³/mol. The van der Waals surface area contributed by atoms with E-state index in [1.165, 1.54) is 31.2 Å². The molecule has 2 amide bonds. The highest BCUT2D eigenvalue weighted by atomic mass is 32.2. The fourth-order valence-corrected chi connectivity index (χ4v) is 5.38. The average Bonchev–Trinajstić information content (AvgIpc) is 3.57. The Morgan fingerprint density at radius 1 is 1.00 bits per heavy atom. The van der Waals surface area contributed by atoms with Gasteiger partial charge in [0.25, 0.3) is 10.0 Å². The van der Waals surface area contributed by atoms with Crippen molar-refractivity contribution in [2.45, 2.75) is 43.0 Å². The van der Waals surface area contributed by atoms with Crippen molar-refractivity contribution in [2.75, 3.05) is 6.54 Å². The zero-order valence-electron chi connectivity index (χ0n) is 19.8. The topological polar surface area (TPSA) is 75.7 Å². The van der Waals surface area contributed by atoms with Gasteiger partial charge < -0.3 is 10.1 Å². The number of sulfonamides is 1. The fraction of sp³-hybridized carbons (Fsp3) is 0.269. The monoisotopic (exact) mass is 536 g/mol. The first-order valence-electron chi connectivity index (χ1n) is 11.5. The molecule has 3 aromatic carbocycles. The highest BCUT2D eigenvalue weighted by Gasteiger charge is 2.45. The summed E-state index contributed by atoms with van der Waals surface area (Å²) in [6, 6.07) is 16.4. The number of hydrogen-bond donors (Lipinski definition) is 1. The smallest absolute Gasteiger partial charge is 0.406 e. The van der Waals surface area contributed by atoms with Gasteiger partial charge >= 0.3 is 12.4 Å². The zero-order valence-corrected chi connectivity index (χ0v) is 20.6. The molecule has 0 bridgehead atoms. The van der Waals surface area contributed by atoms with Gasteiger partial charge in [-0.25, -0.2) is 21.9 Å². The Kier molecular flexibility index (Phi) is 7.18. The maximum absolute atomic E-state index is 13.2. The second kappa shape index (κ2) is 10.0. The van der Waals surface area contributed by atoms with Crippen molar-refractivity contribution in [2.24, 2.45) is 0 Å². The molecule has 4 rings (SSSR count). The third kappa shape index (κ3) is 6.40. The van der Waals surface area contributed by atoms with Gasteiger partial charge in [0, 0.05) is 12.1 Å². The summed E-state index contributed by atoms with van der Waals surface area (Å²) in [7, 11) is -4.17. The lowest BCUT2D eigenvalue weighted by Gasteiger charge is -2.25. The second-order valence-corrected chi connectivity index (χ2v) is 10.6. The van der Waals surface area contributed by atoms with Crippen LogP contribution in [0.4, 0.5) is 22.4 Å². The number of halogens is 4. The second-order valence-electron chi connectivity index (χ2n) is 8.78. The first-order valence-corrected chi connectivity index (χ1v) is 12.9. The summed E-state index contributed by atoms with van der Waals surface area (Å²) < 4.78 is 81.0. The minimum Gasteiger partial charge on any atom is -0.406 e. The van der Waals surface area contributed by atoms with Gasteiger partial charge in [-0.2, -0.15) is 0 Å². The highest BCUT2D eigenvalue weighted by molar-refractivity contribution is 7.89. The number of ether oxygens (including phenoxy) is 1. The summed E-state index contributed by atoms with van der Waals surface area (Å²) >= 11 is 0. The standard InChI is InChI=1S/C26H24F4N2O4S/c1-2-32(37(34,35)23-12-8-21(27)9-13-23)24(33)31-25(14-15-25)17-18-4-3-5-20(16-18)19-6-10-22(11-7-19)36-26(28,29)30/h3-13,16H,2,14-15,17H2,1H3,(H,31,33). The normalized spacial score (nSPS) is 14.6. The molecule has 1 aliphatic carbocycles. The molecule has 1 aliphatic rings. The summed E-state index contributed by atoms with van der Waals surface area (Å²) in [6.07, 6.45) is -3.02. The first kappa shape index (κ1) is 26.5. The molecule has 1 fully saturated rings. The van der Waals surface area contributed by atoms with E-state index in [2.05, 4.69) is 10.1 Å². The molecular formula is C26H24F4N2O4S. The van der Waals surface area contributed by atoms with Crippen LogP contribution in [0.2, 0.25) is 0 Å². The van der Waals surface area contributed by atoms with E-state index in [0.29, 0.717) is 24.8 Å². The molecule has 196 valence electrons. The molecule has 0 aliphatic heterocycles. The van der Waals surface area contributed by atoms with Gasteiger partial charge in [0.15, 0.2) is 0 Å². The van der Waals surface area contributed by atoms with E-state index in [9.17, 15) is 30.8 Å². The number of carbonyl (C=O) groups excluding carboxylic acids is 1. The molecule has 37 heavy (non-hydrogen) atoms. The number of carbonyl (C=O) groups is 1. The number of nitrogens with zero attached hydrogens (tertiary/aromatic N) is 1. The molecular weight excluding hydrogens is 512 g/mol. The van der Waals surface area contributed by atoms with Gasteiger partial charge in [-0.3, -0.25) is 0 Å². The molecule has 0 aromatic heterocycles. The summed E-state index contributed by atoms with van der Waals surface area (Å²) in [6.45, 7) is 1.43. The van der Waals surface area contributed by atoms with Crippen molar-refractivity contribution < 1.29 is 35.5 Å². The number of urea groups is 1. The van der Waals surface area contributed by atoms with Crippen molar-refractivity contribution in [1.29, 1.82) is 0 Å². The third-order valence-corrected chi connectivity index (χ3v) is 7.90. The molecule has 0 heterocycles. The number of amides is 2. The van der Waals surface area contributed by atoms with E-state index < -0.39 is 33.8 Å². The summed E-state index contributed by atoms with van der Waals surface area (Å²) in [4.78, 5) is 12.8. The molecule has 3 aromatic rings. The molecule has 0 spiro atoms. The number of alkyl halides is 3. The van der Waals surface area contributed by atoms with Crippen LogP contribution in [0.25, 0.3) is 11.1 Å².